The Balaban J connectivity index is 2.53. The summed E-state index contributed by atoms with van der Waals surface area (Å²) in [6.45, 7) is 2.79. The molecule has 0 atom stereocenters. The van der Waals surface area contributed by atoms with Crippen LogP contribution in [0.5, 0.6) is 0 Å². The van der Waals surface area contributed by atoms with Gasteiger partial charge in [0.2, 0.25) is 0 Å². The van der Waals surface area contributed by atoms with Crippen LogP contribution in [-0.4, -0.2) is 41.6 Å². The number of allylic oxidation sites excluding steroid dienone is 1. The van der Waals surface area contributed by atoms with E-state index in [1.807, 2.05) is 13.0 Å². The highest BCUT2D eigenvalue weighted by Gasteiger charge is 2.09. The summed E-state index contributed by atoms with van der Waals surface area (Å²) in [7, 11) is 3.38. The molecule has 1 aromatic heterocycles. The van der Waals surface area contributed by atoms with E-state index < -0.39 is 0 Å². The Morgan fingerprint density at radius 1 is 1.41 bits per heavy atom. The maximum atomic E-state index is 11.5. The number of carbonyl (C=O) groups excluding carboxylic acids is 1. The van der Waals surface area contributed by atoms with E-state index in [4.69, 9.17) is 0 Å². The standard InChI is InChI=1S/C12H18N4O/c1-4-5-6-9-13-11-8-7-10(14-15-11)12(17)16(2)3/h4-5,7-8H,6,9H2,1-3H3,(H,13,15)/b5-4+. The molecule has 0 aromatic carbocycles. The summed E-state index contributed by atoms with van der Waals surface area (Å²) in [6, 6.07) is 3.44. The highest BCUT2D eigenvalue weighted by Crippen LogP contribution is 2.03. The van der Waals surface area contributed by atoms with Crippen LogP contribution in [0, 0.1) is 0 Å². The molecule has 17 heavy (non-hydrogen) atoms. The molecule has 5 nitrogen and oxygen atoms in total. The van der Waals surface area contributed by atoms with Crippen molar-refractivity contribution in [1.82, 2.24) is 15.1 Å². The third kappa shape index (κ3) is 4.22. The highest BCUT2D eigenvalue weighted by atomic mass is 16.2. The Morgan fingerprint density at radius 2 is 2.18 bits per heavy atom. The lowest BCUT2D eigenvalue weighted by atomic mass is 10.3. The minimum Gasteiger partial charge on any atom is -0.368 e. The highest BCUT2D eigenvalue weighted by molar-refractivity contribution is 5.91. The largest absolute Gasteiger partial charge is 0.368 e. The van der Waals surface area contributed by atoms with Gasteiger partial charge in [-0.2, -0.15) is 0 Å². The zero-order chi connectivity index (χ0) is 12.7. The normalized spacial score (nSPS) is 10.5. The lowest BCUT2D eigenvalue weighted by Gasteiger charge is -2.09. The van der Waals surface area contributed by atoms with Crippen LogP contribution in [0.3, 0.4) is 0 Å². The Hall–Kier alpha value is -1.91. The summed E-state index contributed by atoms with van der Waals surface area (Å²) >= 11 is 0. The molecule has 1 aromatic rings. The minimum absolute atomic E-state index is 0.141. The summed E-state index contributed by atoms with van der Waals surface area (Å²) in [6.07, 6.45) is 5.02. The van der Waals surface area contributed by atoms with Gasteiger partial charge in [-0.05, 0) is 25.5 Å². The van der Waals surface area contributed by atoms with Crippen LogP contribution in [0.4, 0.5) is 5.82 Å². The van der Waals surface area contributed by atoms with Crippen molar-refractivity contribution in [2.75, 3.05) is 26.0 Å². The molecule has 1 heterocycles. The Bertz CT molecular complexity index is 384. The van der Waals surface area contributed by atoms with E-state index in [0.29, 0.717) is 11.5 Å². The SMILES string of the molecule is C/C=C/CCNc1ccc(C(=O)N(C)C)nn1. The first-order chi connectivity index (χ1) is 8.15. The van der Waals surface area contributed by atoms with Gasteiger partial charge in [0, 0.05) is 20.6 Å². The third-order valence-electron chi connectivity index (χ3n) is 2.14. The van der Waals surface area contributed by atoms with Gasteiger partial charge < -0.3 is 10.2 Å². The van der Waals surface area contributed by atoms with Crippen LogP contribution in [0.1, 0.15) is 23.8 Å². The molecule has 1 amide bonds. The van der Waals surface area contributed by atoms with Gasteiger partial charge in [0.25, 0.3) is 5.91 Å². The van der Waals surface area contributed by atoms with Crippen LogP contribution in [0.2, 0.25) is 0 Å². The molecular formula is C12H18N4O. The van der Waals surface area contributed by atoms with E-state index in [1.165, 1.54) is 4.90 Å². The summed E-state index contributed by atoms with van der Waals surface area (Å²) < 4.78 is 0. The van der Waals surface area contributed by atoms with E-state index in [0.717, 1.165) is 13.0 Å². The number of nitrogens with one attached hydrogen (secondary N) is 1. The van der Waals surface area contributed by atoms with E-state index >= 15 is 0 Å². The molecule has 0 aliphatic heterocycles. The maximum absolute atomic E-state index is 11.5. The van der Waals surface area contributed by atoms with E-state index in [9.17, 15) is 4.79 Å². The predicted molar refractivity (Wildman–Crippen MR) is 68.0 cm³/mol. The molecule has 92 valence electrons. The van der Waals surface area contributed by atoms with Gasteiger partial charge in [-0.25, -0.2) is 0 Å². The van der Waals surface area contributed by atoms with Gasteiger partial charge in [-0.15, -0.1) is 10.2 Å². The Kier molecular flexibility index (Phi) is 5.13. The fraction of sp³-hybridized carbons (Fsp3) is 0.417. The average Bonchev–Trinajstić information content (AvgIpc) is 2.34. The number of amides is 1. The summed E-state index contributed by atoms with van der Waals surface area (Å²) in [4.78, 5) is 13.0. The minimum atomic E-state index is -0.141. The van der Waals surface area contributed by atoms with Crippen LogP contribution in [0.25, 0.3) is 0 Å². The molecule has 0 saturated carbocycles. The first-order valence-corrected chi connectivity index (χ1v) is 5.55. The van der Waals surface area contributed by atoms with Crippen LogP contribution in [-0.2, 0) is 0 Å². The monoisotopic (exact) mass is 234 g/mol. The van der Waals surface area contributed by atoms with Crippen LogP contribution < -0.4 is 5.32 Å². The topological polar surface area (TPSA) is 58.1 Å². The third-order valence-corrected chi connectivity index (χ3v) is 2.14. The van der Waals surface area contributed by atoms with Gasteiger partial charge in [0.05, 0.1) is 0 Å². The van der Waals surface area contributed by atoms with E-state index in [2.05, 4.69) is 21.6 Å². The van der Waals surface area contributed by atoms with Gasteiger partial charge in [-0.3, -0.25) is 4.79 Å². The van der Waals surface area contributed by atoms with Gasteiger partial charge in [0.15, 0.2) is 5.69 Å². The van der Waals surface area contributed by atoms with Crippen LogP contribution >= 0.6 is 0 Å². The zero-order valence-corrected chi connectivity index (χ0v) is 10.5. The summed E-state index contributed by atoms with van der Waals surface area (Å²) in [5, 5.41) is 10.9. The second-order valence-electron chi connectivity index (χ2n) is 3.79. The van der Waals surface area contributed by atoms with Gasteiger partial charge in [-0.1, -0.05) is 12.2 Å². The number of rotatable bonds is 5. The van der Waals surface area contributed by atoms with E-state index in [-0.39, 0.29) is 5.91 Å². The van der Waals surface area contributed by atoms with Gasteiger partial charge in [0.1, 0.15) is 5.82 Å². The number of hydrogen-bond donors (Lipinski definition) is 1. The fourth-order valence-electron chi connectivity index (χ4n) is 1.22. The van der Waals surface area contributed by atoms with Gasteiger partial charge >= 0.3 is 0 Å². The van der Waals surface area contributed by atoms with Crippen molar-refractivity contribution in [2.24, 2.45) is 0 Å². The molecule has 0 saturated heterocycles. The van der Waals surface area contributed by atoms with Crippen molar-refractivity contribution in [3.05, 3.63) is 30.0 Å². The maximum Gasteiger partial charge on any atom is 0.273 e. The summed E-state index contributed by atoms with van der Waals surface area (Å²) in [5.74, 6) is 0.544. The zero-order valence-electron chi connectivity index (χ0n) is 10.5. The number of aromatic nitrogens is 2. The van der Waals surface area contributed by atoms with Crippen LogP contribution in [0.15, 0.2) is 24.3 Å². The molecule has 1 rings (SSSR count). The number of carbonyl (C=O) groups is 1. The number of hydrogen-bond acceptors (Lipinski definition) is 4. The molecule has 0 aliphatic rings. The molecule has 1 N–H and O–H groups in total. The smallest absolute Gasteiger partial charge is 0.273 e. The molecule has 0 aliphatic carbocycles. The fourth-order valence-corrected chi connectivity index (χ4v) is 1.22. The number of anilines is 1. The molecule has 5 heteroatoms. The molecule has 0 unspecified atom stereocenters. The average molecular weight is 234 g/mol. The lowest BCUT2D eigenvalue weighted by Crippen LogP contribution is -2.23. The predicted octanol–water partition coefficient (Wildman–Crippen LogP) is 1.56. The van der Waals surface area contributed by atoms with Crippen molar-refractivity contribution in [1.29, 1.82) is 0 Å². The Morgan fingerprint density at radius 3 is 2.71 bits per heavy atom. The molecular weight excluding hydrogens is 216 g/mol. The Labute approximate surface area is 102 Å². The van der Waals surface area contributed by atoms with Crippen molar-refractivity contribution in [3.63, 3.8) is 0 Å². The van der Waals surface area contributed by atoms with Crippen molar-refractivity contribution in [3.8, 4) is 0 Å². The number of nitrogens with zero attached hydrogens (tertiary/aromatic N) is 3. The quantitative estimate of drug-likeness (QED) is 0.620. The van der Waals surface area contributed by atoms with Crippen molar-refractivity contribution in [2.45, 2.75) is 13.3 Å². The first kappa shape index (κ1) is 13.2. The van der Waals surface area contributed by atoms with Crippen molar-refractivity contribution < 1.29 is 4.79 Å². The van der Waals surface area contributed by atoms with E-state index in [1.54, 1.807) is 26.2 Å². The molecule has 0 spiro atoms. The molecule has 0 bridgehead atoms. The van der Waals surface area contributed by atoms with Crippen molar-refractivity contribution >= 4 is 11.7 Å². The second-order valence-corrected chi connectivity index (χ2v) is 3.79. The second kappa shape index (κ2) is 6.62. The summed E-state index contributed by atoms with van der Waals surface area (Å²) in [5.41, 5.74) is 0.356. The lowest BCUT2D eigenvalue weighted by molar-refractivity contribution is 0.0821. The first-order valence-electron chi connectivity index (χ1n) is 5.55. The molecule has 0 radical (unpaired) electrons. The molecule has 0 fully saturated rings.